The Kier molecular flexibility index (Phi) is 4.80. The van der Waals surface area contributed by atoms with Crippen LogP contribution in [0.5, 0.6) is 0 Å². The van der Waals surface area contributed by atoms with Crippen molar-refractivity contribution in [1.29, 1.82) is 0 Å². The second-order valence-corrected chi connectivity index (χ2v) is 5.83. The Hall–Kier alpha value is -0.610. The smallest absolute Gasteiger partial charge is 0.187 e. The maximum atomic E-state index is 4.32. The minimum Gasteiger partial charge on any atom is -0.317 e. The van der Waals surface area contributed by atoms with Gasteiger partial charge in [-0.3, -0.25) is 0 Å². The van der Waals surface area contributed by atoms with Crippen LogP contribution in [0.3, 0.4) is 0 Å². The second-order valence-electron chi connectivity index (χ2n) is 4.77. The SMILES string of the molecule is CNC1CCCC1CCSc1ncc(C)cn1. The molecule has 17 heavy (non-hydrogen) atoms. The summed E-state index contributed by atoms with van der Waals surface area (Å²) < 4.78 is 0. The number of nitrogens with zero attached hydrogens (tertiary/aromatic N) is 2. The van der Waals surface area contributed by atoms with Crippen molar-refractivity contribution in [3.63, 3.8) is 0 Å². The fourth-order valence-electron chi connectivity index (χ4n) is 2.52. The number of aromatic nitrogens is 2. The van der Waals surface area contributed by atoms with Crippen molar-refractivity contribution in [2.24, 2.45) is 5.92 Å². The summed E-state index contributed by atoms with van der Waals surface area (Å²) in [5, 5.41) is 4.34. The van der Waals surface area contributed by atoms with Crippen molar-refractivity contribution < 1.29 is 0 Å². The highest BCUT2D eigenvalue weighted by Gasteiger charge is 2.25. The van der Waals surface area contributed by atoms with Crippen molar-refractivity contribution in [2.45, 2.75) is 43.8 Å². The van der Waals surface area contributed by atoms with Gasteiger partial charge in [0.25, 0.3) is 0 Å². The van der Waals surface area contributed by atoms with Crippen molar-refractivity contribution >= 4 is 11.8 Å². The molecule has 4 heteroatoms. The fraction of sp³-hybridized carbons (Fsp3) is 0.692. The lowest BCUT2D eigenvalue weighted by Crippen LogP contribution is -2.29. The van der Waals surface area contributed by atoms with Gasteiger partial charge < -0.3 is 5.32 Å². The number of nitrogens with one attached hydrogen (secondary N) is 1. The van der Waals surface area contributed by atoms with Gasteiger partial charge in [0.1, 0.15) is 0 Å². The van der Waals surface area contributed by atoms with Gasteiger partial charge in [-0.1, -0.05) is 18.2 Å². The summed E-state index contributed by atoms with van der Waals surface area (Å²) in [7, 11) is 2.08. The van der Waals surface area contributed by atoms with E-state index in [2.05, 4.69) is 22.3 Å². The minimum atomic E-state index is 0.731. The third-order valence-corrected chi connectivity index (χ3v) is 4.42. The van der Waals surface area contributed by atoms with Crippen LogP contribution in [0.4, 0.5) is 0 Å². The van der Waals surface area contributed by atoms with Crippen molar-refractivity contribution in [1.82, 2.24) is 15.3 Å². The van der Waals surface area contributed by atoms with Gasteiger partial charge in [0, 0.05) is 24.2 Å². The van der Waals surface area contributed by atoms with Gasteiger partial charge in [0.15, 0.2) is 5.16 Å². The van der Waals surface area contributed by atoms with Gasteiger partial charge in [0.2, 0.25) is 0 Å². The first-order valence-corrected chi connectivity index (χ1v) is 7.37. The summed E-state index contributed by atoms with van der Waals surface area (Å²) in [6, 6.07) is 0.731. The van der Waals surface area contributed by atoms with Gasteiger partial charge >= 0.3 is 0 Å². The lowest BCUT2D eigenvalue weighted by Gasteiger charge is -2.18. The molecule has 2 unspecified atom stereocenters. The first kappa shape index (κ1) is 12.8. The van der Waals surface area contributed by atoms with Crippen molar-refractivity contribution in [3.05, 3.63) is 18.0 Å². The van der Waals surface area contributed by atoms with E-state index >= 15 is 0 Å². The lowest BCUT2D eigenvalue weighted by molar-refractivity contribution is 0.417. The third kappa shape index (κ3) is 3.68. The highest BCUT2D eigenvalue weighted by molar-refractivity contribution is 7.99. The molecule has 94 valence electrons. The molecule has 1 aromatic rings. The molecule has 0 spiro atoms. The average Bonchev–Trinajstić information content (AvgIpc) is 2.79. The summed E-state index contributed by atoms with van der Waals surface area (Å²) in [6.45, 7) is 2.02. The summed E-state index contributed by atoms with van der Waals surface area (Å²) in [5.41, 5.74) is 1.13. The number of rotatable bonds is 5. The maximum Gasteiger partial charge on any atom is 0.187 e. The first-order chi connectivity index (χ1) is 8.29. The summed E-state index contributed by atoms with van der Waals surface area (Å²) in [5.74, 6) is 1.98. The van der Waals surface area contributed by atoms with E-state index in [-0.39, 0.29) is 0 Å². The third-order valence-electron chi connectivity index (χ3n) is 3.51. The van der Waals surface area contributed by atoms with Crippen LogP contribution in [0, 0.1) is 12.8 Å². The largest absolute Gasteiger partial charge is 0.317 e. The zero-order valence-electron chi connectivity index (χ0n) is 10.6. The Balaban J connectivity index is 1.74. The van der Waals surface area contributed by atoms with Crippen LogP contribution < -0.4 is 5.32 Å². The monoisotopic (exact) mass is 251 g/mol. The first-order valence-electron chi connectivity index (χ1n) is 6.38. The molecule has 1 aliphatic rings. The number of hydrogen-bond acceptors (Lipinski definition) is 4. The standard InChI is InChI=1S/C13H21N3S/c1-10-8-15-13(16-9-10)17-7-6-11-4-3-5-12(11)14-2/h8-9,11-12,14H,3-7H2,1-2H3. The molecule has 0 radical (unpaired) electrons. The van der Waals surface area contributed by atoms with Gasteiger partial charge in [-0.2, -0.15) is 0 Å². The van der Waals surface area contributed by atoms with E-state index in [4.69, 9.17) is 0 Å². The average molecular weight is 251 g/mol. The molecule has 1 saturated carbocycles. The molecule has 2 rings (SSSR count). The molecule has 0 amide bonds. The van der Waals surface area contributed by atoms with Crippen molar-refractivity contribution in [3.8, 4) is 0 Å². The second kappa shape index (κ2) is 6.36. The van der Waals surface area contributed by atoms with Crippen LogP contribution in [0.1, 0.15) is 31.2 Å². The molecule has 1 aromatic heterocycles. The normalized spacial score (nSPS) is 24.1. The van der Waals surface area contributed by atoms with Gasteiger partial charge in [0.05, 0.1) is 0 Å². The predicted molar refractivity (Wildman–Crippen MR) is 72.3 cm³/mol. The van der Waals surface area contributed by atoms with E-state index in [1.165, 1.54) is 25.7 Å². The molecule has 3 nitrogen and oxygen atoms in total. The lowest BCUT2D eigenvalue weighted by atomic mass is 10.0. The highest BCUT2D eigenvalue weighted by Crippen LogP contribution is 2.30. The van der Waals surface area contributed by atoms with Crippen LogP contribution in [-0.2, 0) is 0 Å². The number of thioether (sulfide) groups is 1. The molecule has 0 aliphatic heterocycles. The minimum absolute atomic E-state index is 0.731. The van der Waals surface area contributed by atoms with E-state index in [1.807, 2.05) is 19.3 Å². The molecule has 2 atom stereocenters. The molecule has 1 fully saturated rings. The van der Waals surface area contributed by atoms with Gasteiger partial charge in [-0.25, -0.2) is 9.97 Å². The molecule has 1 aliphatic carbocycles. The van der Waals surface area contributed by atoms with E-state index in [9.17, 15) is 0 Å². The molecule has 1 heterocycles. The molecular weight excluding hydrogens is 230 g/mol. The van der Waals surface area contributed by atoms with E-state index in [0.717, 1.165) is 28.4 Å². The molecule has 0 bridgehead atoms. The molecule has 1 N–H and O–H groups in total. The Morgan fingerprint density at radius 3 is 2.82 bits per heavy atom. The van der Waals surface area contributed by atoms with Crippen LogP contribution in [0.25, 0.3) is 0 Å². The zero-order chi connectivity index (χ0) is 12.1. The maximum absolute atomic E-state index is 4.32. The zero-order valence-corrected chi connectivity index (χ0v) is 11.5. The number of hydrogen-bond donors (Lipinski definition) is 1. The van der Waals surface area contributed by atoms with E-state index in [1.54, 1.807) is 11.8 Å². The Bertz CT molecular complexity index is 339. The molecular formula is C13H21N3S. The highest BCUT2D eigenvalue weighted by atomic mass is 32.2. The van der Waals surface area contributed by atoms with Crippen LogP contribution >= 0.6 is 11.8 Å². The molecule has 0 saturated heterocycles. The quantitative estimate of drug-likeness (QED) is 0.645. The van der Waals surface area contributed by atoms with Crippen LogP contribution in [0.15, 0.2) is 17.6 Å². The Morgan fingerprint density at radius 2 is 2.12 bits per heavy atom. The predicted octanol–water partition coefficient (Wildman–Crippen LogP) is 2.66. The van der Waals surface area contributed by atoms with Crippen molar-refractivity contribution in [2.75, 3.05) is 12.8 Å². The van der Waals surface area contributed by atoms with Gasteiger partial charge in [-0.05, 0) is 44.7 Å². The summed E-state index contributed by atoms with van der Waals surface area (Å²) in [4.78, 5) is 8.64. The summed E-state index contributed by atoms with van der Waals surface area (Å²) >= 11 is 1.78. The number of aryl methyl sites for hydroxylation is 1. The van der Waals surface area contributed by atoms with Gasteiger partial charge in [-0.15, -0.1) is 0 Å². The fourth-order valence-corrected chi connectivity index (χ4v) is 3.38. The topological polar surface area (TPSA) is 37.8 Å². The van der Waals surface area contributed by atoms with Crippen LogP contribution in [0.2, 0.25) is 0 Å². The summed E-state index contributed by atoms with van der Waals surface area (Å²) in [6.07, 6.45) is 9.14. The Labute approximate surface area is 108 Å². The Morgan fingerprint density at radius 1 is 1.35 bits per heavy atom. The van der Waals surface area contributed by atoms with E-state index in [0.29, 0.717) is 0 Å². The van der Waals surface area contributed by atoms with E-state index < -0.39 is 0 Å². The van der Waals surface area contributed by atoms with Crippen LogP contribution in [-0.4, -0.2) is 28.8 Å². The molecule has 0 aromatic carbocycles.